The zero-order valence-corrected chi connectivity index (χ0v) is 14.0. The number of unbranched alkanes of at least 4 members (excludes halogenated alkanes) is 1. The van der Waals surface area contributed by atoms with E-state index in [0.29, 0.717) is 24.2 Å². The summed E-state index contributed by atoms with van der Waals surface area (Å²) < 4.78 is 5.58. The Bertz CT molecular complexity index is 461. The topological polar surface area (TPSA) is 43.4 Å². The van der Waals surface area contributed by atoms with Crippen molar-refractivity contribution in [2.75, 3.05) is 0 Å². The molecule has 1 aliphatic carbocycles. The second-order valence-corrected chi connectivity index (χ2v) is 6.66. The molecule has 3 nitrogen and oxygen atoms in total. The van der Waals surface area contributed by atoms with Crippen molar-refractivity contribution < 1.29 is 14.3 Å². The van der Waals surface area contributed by atoms with E-state index in [9.17, 15) is 9.59 Å². The molecule has 0 radical (unpaired) electrons. The van der Waals surface area contributed by atoms with Crippen LogP contribution in [-0.4, -0.2) is 11.8 Å². The molecule has 0 unspecified atom stereocenters. The van der Waals surface area contributed by atoms with Gasteiger partial charge in [0, 0.05) is 12.0 Å². The van der Waals surface area contributed by atoms with Crippen LogP contribution >= 0.6 is 0 Å². The summed E-state index contributed by atoms with van der Waals surface area (Å²) in [4.78, 5) is 24.5. The Balaban J connectivity index is 2.95. The first-order valence-corrected chi connectivity index (χ1v) is 7.99. The number of Topliss-reactive ketones (excluding diaryl/α,β-unsaturated/α-hetero) is 1. The molecule has 0 N–H and O–H groups in total. The van der Waals surface area contributed by atoms with Crippen LogP contribution in [0.25, 0.3) is 0 Å². The van der Waals surface area contributed by atoms with Crippen LogP contribution in [0.15, 0.2) is 23.0 Å². The van der Waals surface area contributed by atoms with Gasteiger partial charge in [0.15, 0.2) is 5.78 Å². The Hall–Kier alpha value is -1.38. The van der Waals surface area contributed by atoms with Gasteiger partial charge in [0.2, 0.25) is 0 Å². The number of ketones is 1. The van der Waals surface area contributed by atoms with Crippen molar-refractivity contribution >= 4 is 11.8 Å². The van der Waals surface area contributed by atoms with E-state index in [1.807, 2.05) is 26.8 Å². The van der Waals surface area contributed by atoms with E-state index >= 15 is 0 Å². The maximum atomic E-state index is 12.4. The third-order valence-electron chi connectivity index (χ3n) is 3.56. The van der Waals surface area contributed by atoms with E-state index in [1.165, 1.54) is 0 Å². The second-order valence-electron chi connectivity index (χ2n) is 6.66. The number of carbonyl (C=O) groups excluding carboxylic acids is 2. The van der Waals surface area contributed by atoms with Gasteiger partial charge in [0.25, 0.3) is 0 Å². The third-order valence-corrected chi connectivity index (χ3v) is 3.56. The van der Waals surface area contributed by atoms with Crippen LogP contribution in [0.4, 0.5) is 0 Å². The Morgan fingerprint density at radius 2 is 1.90 bits per heavy atom. The van der Waals surface area contributed by atoms with Gasteiger partial charge in [-0.3, -0.25) is 9.59 Å². The van der Waals surface area contributed by atoms with Gasteiger partial charge >= 0.3 is 5.97 Å². The van der Waals surface area contributed by atoms with Gasteiger partial charge in [-0.25, -0.2) is 0 Å². The summed E-state index contributed by atoms with van der Waals surface area (Å²) in [5.74, 6) is 0.395. The van der Waals surface area contributed by atoms with Crippen molar-refractivity contribution in [3.8, 4) is 0 Å². The lowest BCUT2D eigenvalue weighted by molar-refractivity contribution is -0.148. The molecule has 0 atom stereocenters. The third kappa shape index (κ3) is 4.83. The molecule has 0 amide bonds. The summed E-state index contributed by atoms with van der Waals surface area (Å²) in [5, 5.41) is 0. The summed E-state index contributed by atoms with van der Waals surface area (Å²) in [6.07, 6.45) is 6.93. The highest BCUT2D eigenvalue weighted by Gasteiger charge is 2.29. The number of esters is 1. The average molecular weight is 292 g/mol. The first-order valence-electron chi connectivity index (χ1n) is 7.99. The van der Waals surface area contributed by atoms with Crippen molar-refractivity contribution in [1.29, 1.82) is 0 Å². The maximum Gasteiger partial charge on any atom is 0.316 e. The molecule has 0 bridgehead atoms. The van der Waals surface area contributed by atoms with E-state index in [0.717, 1.165) is 31.3 Å². The minimum absolute atomic E-state index is 0.0738. The van der Waals surface area contributed by atoms with Crippen molar-refractivity contribution in [3.63, 3.8) is 0 Å². The molecule has 0 aromatic rings. The lowest BCUT2D eigenvalue weighted by Crippen LogP contribution is -2.23. The Kier molecular flexibility index (Phi) is 6.38. The van der Waals surface area contributed by atoms with E-state index in [1.54, 1.807) is 0 Å². The zero-order valence-electron chi connectivity index (χ0n) is 14.0. The van der Waals surface area contributed by atoms with Crippen molar-refractivity contribution in [1.82, 2.24) is 0 Å². The Morgan fingerprint density at radius 1 is 1.24 bits per heavy atom. The lowest BCUT2D eigenvalue weighted by atomic mass is 9.97. The molecule has 0 saturated heterocycles. The van der Waals surface area contributed by atoms with Gasteiger partial charge < -0.3 is 4.74 Å². The molecule has 0 fully saturated rings. The number of allylic oxidation sites excluding steroid dienone is 4. The highest BCUT2D eigenvalue weighted by atomic mass is 16.5. The van der Waals surface area contributed by atoms with Crippen molar-refractivity contribution in [2.24, 2.45) is 5.41 Å². The molecule has 0 heterocycles. The fourth-order valence-electron chi connectivity index (χ4n) is 2.20. The molecule has 0 spiro atoms. The highest BCUT2D eigenvalue weighted by molar-refractivity contribution is 6.11. The molecule has 0 aromatic heterocycles. The Labute approximate surface area is 128 Å². The SMILES string of the molecule is CCCC/C(OC(=O)C(C)(C)C)=C1\CC=C(CCC)C1=O. The summed E-state index contributed by atoms with van der Waals surface area (Å²) in [7, 11) is 0. The van der Waals surface area contributed by atoms with E-state index in [4.69, 9.17) is 4.74 Å². The first kappa shape index (κ1) is 17.7. The monoisotopic (exact) mass is 292 g/mol. The molecule has 3 heteroatoms. The summed E-state index contributed by atoms with van der Waals surface area (Å²) in [6, 6.07) is 0. The average Bonchev–Trinajstić information content (AvgIpc) is 2.75. The number of hydrogen-bond acceptors (Lipinski definition) is 3. The number of ether oxygens (including phenoxy) is 1. The summed E-state index contributed by atoms with van der Waals surface area (Å²) >= 11 is 0. The van der Waals surface area contributed by atoms with Gasteiger partial charge in [-0.2, -0.15) is 0 Å². The summed E-state index contributed by atoms with van der Waals surface area (Å²) in [5.41, 5.74) is 0.997. The largest absolute Gasteiger partial charge is 0.430 e. The van der Waals surface area contributed by atoms with Gasteiger partial charge in [0.05, 0.1) is 5.41 Å². The molecular weight excluding hydrogens is 264 g/mol. The molecular formula is C18H28O3. The molecule has 1 rings (SSSR count). The molecule has 21 heavy (non-hydrogen) atoms. The Morgan fingerprint density at radius 3 is 2.43 bits per heavy atom. The maximum absolute atomic E-state index is 12.4. The fraction of sp³-hybridized carbons (Fsp3) is 0.667. The van der Waals surface area contributed by atoms with Gasteiger partial charge in [0.1, 0.15) is 5.76 Å². The minimum atomic E-state index is -0.556. The van der Waals surface area contributed by atoms with Crippen molar-refractivity contribution in [2.45, 2.75) is 73.1 Å². The van der Waals surface area contributed by atoms with E-state index in [2.05, 4.69) is 13.8 Å². The molecule has 118 valence electrons. The fourth-order valence-corrected chi connectivity index (χ4v) is 2.20. The van der Waals surface area contributed by atoms with Crippen molar-refractivity contribution in [3.05, 3.63) is 23.0 Å². The minimum Gasteiger partial charge on any atom is -0.430 e. The molecule has 0 aromatic carbocycles. The first-order chi connectivity index (χ1) is 9.81. The van der Waals surface area contributed by atoms with Crippen LogP contribution in [0, 0.1) is 5.41 Å². The van der Waals surface area contributed by atoms with Gasteiger partial charge in [-0.1, -0.05) is 32.8 Å². The van der Waals surface area contributed by atoms with E-state index < -0.39 is 5.41 Å². The standard InChI is InChI=1S/C18H28O3/c1-6-8-10-15(21-17(20)18(3,4)5)14-12-11-13(9-7-2)16(14)19/h11H,6-10,12H2,1-5H3/b15-14-. The molecule has 1 aliphatic rings. The van der Waals surface area contributed by atoms with Crippen LogP contribution in [0.2, 0.25) is 0 Å². The zero-order chi connectivity index (χ0) is 16.0. The molecule has 0 saturated carbocycles. The van der Waals surface area contributed by atoms with E-state index in [-0.39, 0.29) is 11.8 Å². The summed E-state index contributed by atoms with van der Waals surface area (Å²) in [6.45, 7) is 9.64. The van der Waals surface area contributed by atoms with Crippen LogP contribution in [0.1, 0.15) is 73.1 Å². The van der Waals surface area contributed by atoms with Gasteiger partial charge in [-0.05, 0) is 45.6 Å². The van der Waals surface area contributed by atoms with Crippen LogP contribution in [0.3, 0.4) is 0 Å². The van der Waals surface area contributed by atoms with Crippen LogP contribution in [0.5, 0.6) is 0 Å². The predicted molar refractivity (Wildman–Crippen MR) is 84.7 cm³/mol. The van der Waals surface area contributed by atoms with Crippen LogP contribution in [-0.2, 0) is 14.3 Å². The number of hydrogen-bond donors (Lipinski definition) is 0. The van der Waals surface area contributed by atoms with Crippen LogP contribution < -0.4 is 0 Å². The molecule has 0 aliphatic heterocycles. The number of carbonyl (C=O) groups is 2. The normalized spacial score (nSPS) is 17.8. The quantitative estimate of drug-likeness (QED) is 0.404. The predicted octanol–water partition coefficient (Wildman–Crippen LogP) is 4.72. The highest BCUT2D eigenvalue weighted by Crippen LogP contribution is 2.30. The van der Waals surface area contributed by atoms with Gasteiger partial charge in [-0.15, -0.1) is 0 Å². The second kappa shape index (κ2) is 7.58. The number of rotatable bonds is 6. The lowest BCUT2D eigenvalue weighted by Gasteiger charge is -2.19. The smallest absolute Gasteiger partial charge is 0.316 e.